The Morgan fingerprint density at radius 2 is 1.94 bits per heavy atom. The minimum absolute atomic E-state index is 0.00417. The predicted molar refractivity (Wildman–Crippen MR) is 65.2 cm³/mol. The first-order valence-corrected chi connectivity index (χ1v) is 5.93. The van der Waals surface area contributed by atoms with Gasteiger partial charge in [0.15, 0.2) is 0 Å². The summed E-state index contributed by atoms with van der Waals surface area (Å²) in [6, 6.07) is 2.02. The fourth-order valence-corrected chi connectivity index (χ4v) is 2.46. The summed E-state index contributed by atoms with van der Waals surface area (Å²) in [4.78, 5) is 0. The van der Waals surface area contributed by atoms with Crippen LogP contribution in [-0.4, -0.2) is 6.54 Å². The smallest absolute Gasteiger partial charge is 0.129 e. The van der Waals surface area contributed by atoms with Crippen LogP contribution >= 0.6 is 0 Å². The lowest BCUT2D eigenvalue weighted by molar-refractivity contribution is 0.529. The van der Waals surface area contributed by atoms with E-state index in [2.05, 4.69) is 26.1 Å². The molecule has 0 amide bonds. The molecule has 0 bridgehead atoms. The quantitative estimate of drug-likeness (QED) is 0.710. The number of aryl methyl sites for hydroxylation is 1. The second kappa shape index (κ2) is 3.85. The van der Waals surface area contributed by atoms with Gasteiger partial charge in [-0.25, -0.2) is 4.39 Å². The lowest BCUT2D eigenvalue weighted by Gasteiger charge is -2.29. The number of hydrogen-bond donors (Lipinski definition) is 1. The summed E-state index contributed by atoms with van der Waals surface area (Å²) in [5.74, 6) is 0.00417. The number of fused-ring (bicyclic) bond motifs is 1. The molecule has 0 atom stereocenters. The van der Waals surface area contributed by atoms with E-state index in [-0.39, 0.29) is 11.2 Å². The maximum absolute atomic E-state index is 14.0. The van der Waals surface area contributed by atoms with Crippen molar-refractivity contribution >= 4 is 0 Å². The lowest BCUT2D eigenvalue weighted by atomic mass is 9.79. The highest BCUT2D eigenvalue weighted by molar-refractivity contribution is 5.44. The van der Waals surface area contributed by atoms with Gasteiger partial charge in [0, 0.05) is 6.54 Å². The summed E-state index contributed by atoms with van der Waals surface area (Å²) in [5.41, 5.74) is 4.27. The van der Waals surface area contributed by atoms with Crippen LogP contribution in [0.2, 0.25) is 0 Å². The third-order valence-corrected chi connectivity index (χ3v) is 3.32. The van der Waals surface area contributed by atoms with E-state index in [0.717, 1.165) is 30.6 Å². The van der Waals surface area contributed by atoms with Gasteiger partial charge in [0.1, 0.15) is 5.82 Å². The van der Waals surface area contributed by atoms with Crippen molar-refractivity contribution < 1.29 is 4.39 Å². The molecule has 1 nitrogen and oxygen atoms in total. The van der Waals surface area contributed by atoms with Gasteiger partial charge in [-0.1, -0.05) is 26.8 Å². The first-order valence-electron chi connectivity index (χ1n) is 5.93. The van der Waals surface area contributed by atoms with Gasteiger partial charge in [0.25, 0.3) is 0 Å². The molecule has 1 aromatic rings. The van der Waals surface area contributed by atoms with Crippen LogP contribution in [0, 0.1) is 12.7 Å². The van der Waals surface area contributed by atoms with Crippen LogP contribution < -0.4 is 5.32 Å². The molecule has 1 aliphatic rings. The molecule has 0 fully saturated rings. The van der Waals surface area contributed by atoms with E-state index in [1.165, 1.54) is 11.1 Å². The van der Waals surface area contributed by atoms with Crippen LogP contribution in [0.15, 0.2) is 6.07 Å². The van der Waals surface area contributed by atoms with Crippen molar-refractivity contribution in [2.75, 3.05) is 6.54 Å². The summed E-state index contributed by atoms with van der Waals surface area (Å²) < 4.78 is 14.0. The first kappa shape index (κ1) is 11.6. The summed E-state index contributed by atoms with van der Waals surface area (Å²) in [6.07, 6.45) is 0.811. The van der Waals surface area contributed by atoms with Crippen molar-refractivity contribution in [1.29, 1.82) is 0 Å². The topological polar surface area (TPSA) is 12.0 Å². The number of nitrogens with one attached hydrogen (secondary N) is 1. The Kier molecular flexibility index (Phi) is 2.79. The van der Waals surface area contributed by atoms with Crippen molar-refractivity contribution in [3.63, 3.8) is 0 Å². The minimum atomic E-state index is 0.00417. The van der Waals surface area contributed by atoms with Crippen molar-refractivity contribution in [2.24, 2.45) is 0 Å². The Labute approximate surface area is 97.1 Å². The largest absolute Gasteiger partial charge is 0.312 e. The van der Waals surface area contributed by atoms with Gasteiger partial charge in [0.05, 0.1) is 0 Å². The third kappa shape index (κ3) is 1.86. The average Bonchev–Trinajstić information content (AvgIpc) is 2.22. The van der Waals surface area contributed by atoms with Gasteiger partial charge < -0.3 is 5.32 Å². The molecule has 16 heavy (non-hydrogen) atoms. The standard InChI is InChI=1S/C14H20FN/c1-9-7-12(14(2,3)4)11-8-16-6-5-10(11)13(9)15/h7,16H,5-6,8H2,1-4H3. The lowest BCUT2D eigenvalue weighted by Crippen LogP contribution is -2.29. The van der Waals surface area contributed by atoms with Gasteiger partial charge in [-0.05, 0) is 47.6 Å². The van der Waals surface area contributed by atoms with Gasteiger partial charge in [0.2, 0.25) is 0 Å². The van der Waals surface area contributed by atoms with Gasteiger partial charge in [-0.2, -0.15) is 0 Å². The van der Waals surface area contributed by atoms with E-state index in [4.69, 9.17) is 0 Å². The molecule has 88 valence electrons. The molecule has 0 aliphatic carbocycles. The van der Waals surface area contributed by atoms with Crippen LogP contribution in [0.25, 0.3) is 0 Å². The highest BCUT2D eigenvalue weighted by Gasteiger charge is 2.25. The van der Waals surface area contributed by atoms with Crippen LogP contribution in [0.5, 0.6) is 0 Å². The second-order valence-electron chi connectivity index (χ2n) is 5.69. The highest BCUT2D eigenvalue weighted by atomic mass is 19.1. The summed E-state index contributed by atoms with van der Waals surface area (Å²) >= 11 is 0. The fraction of sp³-hybridized carbons (Fsp3) is 0.571. The molecule has 0 saturated carbocycles. The molecule has 0 aromatic heterocycles. The summed E-state index contributed by atoms with van der Waals surface area (Å²) in [5, 5.41) is 3.33. The van der Waals surface area contributed by atoms with E-state index in [1.807, 2.05) is 13.0 Å². The molecular formula is C14H20FN. The highest BCUT2D eigenvalue weighted by Crippen LogP contribution is 2.32. The molecule has 2 heteroatoms. The van der Waals surface area contributed by atoms with Crippen molar-refractivity contribution in [3.8, 4) is 0 Å². The minimum Gasteiger partial charge on any atom is -0.312 e. The average molecular weight is 221 g/mol. The number of halogens is 1. The zero-order chi connectivity index (χ0) is 11.9. The molecule has 1 aromatic carbocycles. The van der Waals surface area contributed by atoms with Gasteiger partial charge in [-0.3, -0.25) is 0 Å². The summed E-state index contributed by atoms with van der Waals surface area (Å²) in [6.45, 7) is 10.1. The number of hydrogen-bond acceptors (Lipinski definition) is 1. The van der Waals surface area contributed by atoms with Crippen molar-refractivity contribution in [3.05, 3.63) is 34.1 Å². The Bertz CT molecular complexity index is 416. The van der Waals surface area contributed by atoms with Crippen molar-refractivity contribution in [1.82, 2.24) is 5.32 Å². The zero-order valence-electron chi connectivity index (χ0n) is 10.6. The fourth-order valence-electron chi connectivity index (χ4n) is 2.46. The molecule has 1 aliphatic heterocycles. The summed E-state index contributed by atoms with van der Waals surface area (Å²) in [7, 11) is 0. The normalized spacial score (nSPS) is 16.1. The third-order valence-electron chi connectivity index (χ3n) is 3.32. The van der Waals surface area contributed by atoms with E-state index in [0.29, 0.717) is 0 Å². The zero-order valence-corrected chi connectivity index (χ0v) is 10.6. The van der Waals surface area contributed by atoms with Crippen LogP contribution in [0.4, 0.5) is 4.39 Å². The van der Waals surface area contributed by atoms with E-state index >= 15 is 0 Å². The molecular weight excluding hydrogens is 201 g/mol. The molecule has 2 rings (SSSR count). The Hall–Kier alpha value is -0.890. The number of benzene rings is 1. The Morgan fingerprint density at radius 3 is 2.56 bits per heavy atom. The molecule has 0 spiro atoms. The van der Waals surface area contributed by atoms with Crippen LogP contribution in [0.3, 0.4) is 0 Å². The van der Waals surface area contributed by atoms with E-state index in [1.54, 1.807) is 0 Å². The maximum Gasteiger partial charge on any atom is 0.129 e. The molecule has 0 radical (unpaired) electrons. The Morgan fingerprint density at radius 1 is 1.25 bits per heavy atom. The monoisotopic (exact) mass is 221 g/mol. The second-order valence-corrected chi connectivity index (χ2v) is 5.69. The first-order chi connectivity index (χ1) is 7.41. The molecule has 1 N–H and O–H groups in total. The maximum atomic E-state index is 14.0. The number of rotatable bonds is 0. The van der Waals surface area contributed by atoms with E-state index < -0.39 is 0 Å². The Balaban J connectivity index is 2.67. The van der Waals surface area contributed by atoms with Gasteiger partial charge in [-0.15, -0.1) is 0 Å². The molecule has 0 unspecified atom stereocenters. The van der Waals surface area contributed by atoms with Crippen LogP contribution in [-0.2, 0) is 18.4 Å². The molecule has 1 heterocycles. The predicted octanol–water partition coefficient (Wildman–Crippen LogP) is 3.08. The van der Waals surface area contributed by atoms with E-state index in [9.17, 15) is 4.39 Å². The molecule has 0 saturated heterocycles. The van der Waals surface area contributed by atoms with Gasteiger partial charge >= 0.3 is 0 Å². The van der Waals surface area contributed by atoms with Crippen LogP contribution in [0.1, 0.15) is 43.0 Å². The van der Waals surface area contributed by atoms with Crippen molar-refractivity contribution in [2.45, 2.75) is 46.1 Å². The SMILES string of the molecule is Cc1cc(C(C)(C)C)c2c(c1F)CCNC2.